The normalized spacial score (nSPS) is 29.2. The molecule has 8 nitrogen and oxygen atoms in total. The zero-order valence-electron chi connectivity index (χ0n) is 15.3. The van der Waals surface area contributed by atoms with Gasteiger partial charge in [0.05, 0.1) is 17.8 Å². The topological polar surface area (TPSA) is 122 Å². The van der Waals surface area contributed by atoms with Gasteiger partial charge in [0.2, 0.25) is 5.95 Å². The summed E-state index contributed by atoms with van der Waals surface area (Å²) < 4.78 is 5.41. The lowest BCUT2D eigenvalue weighted by Crippen LogP contribution is -2.31. The number of aliphatic hydroxyl groups excluding tert-OH is 1. The van der Waals surface area contributed by atoms with Gasteiger partial charge in [-0.2, -0.15) is 4.98 Å². The van der Waals surface area contributed by atoms with Crippen LogP contribution in [0.25, 0.3) is 0 Å². The van der Waals surface area contributed by atoms with Crippen LogP contribution in [0.1, 0.15) is 61.7 Å². The minimum atomic E-state index is -0.537. The number of nitrogens with one attached hydrogen (secondary N) is 2. The predicted molar refractivity (Wildman–Crippen MR) is 99.1 cm³/mol. The number of amides is 1. The predicted octanol–water partition coefficient (Wildman–Crippen LogP) is 1.66. The Morgan fingerprint density at radius 1 is 1.12 bits per heavy atom. The van der Waals surface area contributed by atoms with Crippen LogP contribution in [-0.4, -0.2) is 52.4 Å². The van der Waals surface area contributed by atoms with E-state index in [1.165, 1.54) is 6.20 Å². The van der Waals surface area contributed by atoms with Gasteiger partial charge >= 0.3 is 0 Å². The highest BCUT2D eigenvalue weighted by Gasteiger charge is 2.24. The molecule has 2 aliphatic carbocycles. The summed E-state index contributed by atoms with van der Waals surface area (Å²) in [5.41, 5.74) is 5.79. The van der Waals surface area contributed by atoms with Gasteiger partial charge in [-0.3, -0.25) is 4.79 Å². The van der Waals surface area contributed by atoms with E-state index in [0.29, 0.717) is 23.4 Å². The number of rotatable bonds is 6. The van der Waals surface area contributed by atoms with E-state index in [-0.39, 0.29) is 18.2 Å². The highest BCUT2D eigenvalue weighted by atomic mass is 16.5. The van der Waals surface area contributed by atoms with Crippen LogP contribution in [0, 0.1) is 0 Å². The van der Waals surface area contributed by atoms with Gasteiger partial charge in [-0.05, 0) is 51.4 Å². The summed E-state index contributed by atoms with van der Waals surface area (Å²) in [5, 5.41) is 16.3. The molecule has 2 aliphatic rings. The number of primary amides is 1. The molecule has 8 heteroatoms. The van der Waals surface area contributed by atoms with Crippen molar-refractivity contribution in [1.29, 1.82) is 0 Å². The summed E-state index contributed by atoms with van der Waals surface area (Å²) in [6.45, 7) is 0. The van der Waals surface area contributed by atoms with Crippen LogP contribution in [0.3, 0.4) is 0 Å². The first-order valence-electron chi connectivity index (χ1n) is 9.46. The maximum atomic E-state index is 11.7. The van der Waals surface area contributed by atoms with Gasteiger partial charge < -0.3 is 26.2 Å². The van der Waals surface area contributed by atoms with Crippen LogP contribution in [-0.2, 0) is 4.74 Å². The Morgan fingerprint density at radius 3 is 2.35 bits per heavy atom. The van der Waals surface area contributed by atoms with E-state index in [2.05, 4.69) is 20.6 Å². The first-order valence-corrected chi connectivity index (χ1v) is 9.46. The maximum absolute atomic E-state index is 11.7. The number of carbonyl (C=O) groups excluding carboxylic acids is 1. The number of aliphatic hydroxyl groups is 1. The number of anilines is 2. The van der Waals surface area contributed by atoms with Crippen LogP contribution in [0.2, 0.25) is 0 Å². The molecule has 1 aromatic heterocycles. The number of nitrogens with two attached hydrogens (primary N) is 1. The van der Waals surface area contributed by atoms with E-state index in [4.69, 9.17) is 10.5 Å². The molecule has 0 spiro atoms. The van der Waals surface area contributed by atoms with E-state index < -0.39 is 5.91 Å². The van der Waals surface area contributed by atoms with E-state index in [1.54, 1.807) is 7.11 Å². The third kappa shape index (κ3) is 4.82. The number of ether oxygens (including phenoxy) is 1. The lowest BCUT2D eigenvalue weighted by molar-refractivity contribution is 0.0681. The molecule has 1 amide bonds. The number of aromatic nitrogens is 2. The van der Waals surface area contributed by atoms with Crippen molar-refractivity contribution >= 4 is 17.7 Å². The van der Waals surface area contributed by atoms with Crippen molar-refractivity contribution in [3.63, 3.8) is 0 Å². The molecule has 2 fully saturated rings. The van der Waals surface area contributed by atoms with Gasteiger partial charge in [0, 0.05) is 25.4 Å². The molecule has 0 aromatic carbocycles. The van der Waals surface area contributed by atoms with Crippen molar-refractivity contribution in [2.75, 3.05) is 17.7 Å². The molecule has 0 bridgehead atoms. The zero-order valence-corrected chi connectivity index (χ0v) is 15.3. The highest BCUT2D eigenvalue weighted by molar-refractivity contribution is 5.97. The molecule has 0 saturated heterocycles. The third-order valence-electron chi connectivity index (χ3n) is 5.43. The number of nitrogens with zero attached hydrogens (tertiary/aromatic N) is 2. The Labute approximate surface area is 153 Å². The number of methoxy groups -OCH3 is 1. The first kappa shape index (κ1) is 18.8. The highest BCUT2D eigenvalue weighted by Crippen LogP contribution is 2.26. The molecule has 3 rings (SSSR count). The van der Waals surface area contributed by atoms with Crippen LogP contribution < -0.4 is 16.4 Å². The fraction of sp³-hybridized carbons (Fsp3) is 0.722. The quantitative estimate of drug-likeness (QED) is 0.606. The Kier molecular flexibility index (Phi) is 6.26. The molecule has 0 unspecified atom stereocenters. The maximum Gasteiger partial charge on any atom is 0.254 e. The van der Waals surface area contributed by atoms with Crippen LogP contribution in [0.4, 0.5) is 11.8 Å². The summed E-state index contributed by atoms with van der Waals surface area (Å²) in [5.74, 6) is 0.446. The average Bonchev–Trinajstić information content (AvgIpc) is 2.64. The van der Waals surface area contributed by atoms with Gasteiger partial charge in [0.15, 0.2) is 0 Å². The SMILES string of the molecule is COC1CCC(Nc2nc(NC3CCC(O)CC3)ncc2C(N)=O)CC1. The molecule has 0 atom stereocenters. The Bertz CT molecular complexity index is 611. The summed E-state index contributed by atoms with van der Waals surface area (Å²) in [4.78, 5) is 20.5. The molecular formula is C18H29N5O3. The van der Waals surface area contributed by atoms with E-state index >= 15 is 0 Å². The Hall–Kier alpha value is -1.93. The molecule has 2 saturated carbocycles. The second-order valence-electron chi connectivity index (χ2n) is 7.32. The van der Waals surface area contributed by atoms with Gasteiger partial charge in [-0.15, -0.1) is 0 Å². The van der Waals surface area contributed by atoms with Crippen molar-refractivity contribution in [3.05, 3.63) is 11.8 Å². The number of carbonyl (C=O) groups is 1. The number of hydrogen-bond donors (Lipinski definition) is 4. The molecule has 1 aromatic rings. The first-order chi connectivity index (χ1) is 12.5. The van der Waals surface area contributed by atoms with Gasteiger partial charge in [-0.1, -0.05) is 0 Å². The van der Waals surface area contributed by atoms with Crippen LogP contribution in [0.5, 0.6) is 0 Å². The minimum absolute atomic E-state index is 0.203. The lowest BCUT2D eigenvalue weighted by atomic mass is 9.93. The second-order valence-corrected chi connectivity index (χ2v) is 7.32. The van der Waals surface area contributed by atoms with Crippen molar-refractivity contribution in [3.8, 4) is 0 Å². The lowest BCUT2D eigenvalue weighted by Gasteiger charge is -2.29. The van der Waals surface area contributed by atoms with E-state index in [1.807, 2.05) is 0 Å². The summed E-state index contributed by atoms with van der Waals surface area (Å²) in [6.07, 6.45) is 8.82. The van der Waals surface area contributed by atoms with Crippen molar-refractivity contribution < 1.29 is 14.6 Å². The van der Waals surface area contributed by atoms with Crippen LogP contribution in [0.15, 0.2) is 6.20 Å². The molecule has 0 aliphatic heterocycles. The van der Waals surface area contributed by atoms with Gasteiger partial charge in [0.25, 0.3) is 5.91 Å². The van der Waals surface area contributed by atoms with Crippen molar-refractivity contribution in [1.82, 2.24) is 9.97 Å². The number of hydrogen-bond acceptors (Lipinski definition) is 7. The fourth-order valence-corrected chi connectivity index (χ4v) is 3.78. The minimum Gasteiger partial charge on any atom is -0.393 e. The van der Waals surface area contributed by atoms with E-state index in [9.17, 15) is 9.90 Å². The Morgan fingerprint density at radius 2 is 1.73 bits per heavy atom. The molecule has 26 heavy (non-hydrogen) atoms. The Balaban J connectivity index is 1.67. The van der Waals surface area contributed by atoms with Gasteiger partial charge in [0.1, 0.15) is 5.82 Å². The van der Waals surface area contributed by atoms with Crippen molar-refractivity contribution in [2.24, 2.45) is 5.73 Å². The molecule has 1 heterocycles. The largest absolute Gasteiger partial charge is 0.393 e. The van der Waals surface area contributed by atoms with E-state index in [0.717, 1.165) is 51.4 Å². The monoisotopic (exact) mass is 363 g/mol. The second kappa shape index (κ2) is 8.64. The molecule has 5 N–H and O–H groups in total. The zero-order chi connectivity index (χ0) is 18.5. The fourth-order valence-electron chi connectivity index (χ4n) is 3.78. The van der Waals surface area contributed by atoms with Gasteiger partial charge in [-0.25, -0.2) is 4.98 Å². The molecule has 0 radical (unpaired) electrons. The summed E-state index contributed by atoms with van der Waals surface area (Å²) in [7, 11) is 1.75. The van der Waals surface area contributed by atoms with Crippen LogP contribution >= 0.6 is 0 Å². The average molecular weight is 363 g/mol. The third-order valence-corrected chi connectivity index (χ3v) is 5.43. The summed E-state index contributed by atoms with van der Waals surface area (Å²) in [6, 6.07) is 0.481. The summed E-state index contributed by atoms with van der Waals surface area (Å²) >= 11 is 0. The molecular weight excluding hydrogens is 334 g/mol. The molecule has 144 valence electrons. The van der Waals surface area contributed by atoms with Crippen molar-refractivity contribution in [2.45, 2.75) is 75.7 Å². The smallest absolute Gasteiger partial charge is 0.254 e. The standard InChI is InChI=1S/C18H29N5O3/c1-26-14-8-4-11(5-9-14)21-17-15(16(19)25)10-20-18(23-17)22-12-2-6-13(24)7-3-12/h10-14,24H,2-9H2,1H3,(H2,19,25)(H2,20,21,22,23).